The molecule has 0 radical (unpaired) electrons. The van der Waals surface area contributed by atoms with E-state index in [0.29, 0.717) is 0 Å². The first-order valence-electron chi connectivity index (χ1n) is 4.13. The number of carbonyl (C=O) groups excluding carboxylic acids is 1. The van der Waals surface area contributed by atoms with E-state index in [1.807, 2.05) is 0 Å². The van der Waals surface area contributed by atoms with Crippen molar-refractivity contribution in [1.29, 1.82) is 0 Å². The zero-order valence-corrected chi connectivity index (χ0v) is 8.14. The van der Waals surface area contributed by atoms with Crippen LogP contribution in [0.5, 0.6) is 0 Å². The summed E-state index contributed by atoms with van der Waals surface area (Å²) in [6, 6.07) is 0. The Morgan fingerprint density at radius 2 is 2.53 bits per heavy atom. The molecule has 7 heteroatoms. The van der Waals surface area contributed by atoms with E-state index in [-0.39, 0.29) is 17.9 Å². The Hall–Kier alpha value is -2.18. The van der Waals surface area contributed by atoms with Crippen LogP contribution in [-0.2, 0) is 7.05 Å². The number of aromatic nitrogens is 2. The summed E-state index contributed by atoms with van der Waals surface area (Å²) in [6.45, 7) is 3.67. The fraction of sp³-hybridized carbons (Fsp3) is 0.250. The second-order valence-electron chi connectivity index (χ2n) is 2.76. The SMILES string of the molecule is C=CCNC(=O)c1c([N+](=O)[O-])cnn1C. The zero-order valence-electron chi connectivity index (χ0n) is 8.14. The van der Waals surface area contributed by atoms with Gasteiger partial charge in [0.05, 0.1) is 4.92 Å². The quantitative estimate of drug-likeness (QED) is 0.438. The van der Waals surface area contributed by atoms with Crippen LogP contribution in [0.3, 0.4) is 0 Å². The molecule has 1 rings (SSSR count). The van der Waals surface area contributed by atoms with Crippen molar-refractivity contribution in [2.45, 2.75) is 0 Å². The molecule has 1 heterocycles. The van der Waals surface area contributed by atoms with Gasteiger partial charge < -0.3 is 5.32 Å². The van der Waals surface area contributed by atoms with E-state index in [1.54, 1.807) is 0 Å². The number of rotatable bonds is 4. The first kappa shape index (κ1) is 10.9. The molecular weight excluding hydrogens is 200 g/mol. The van der Waals surface area contributed by atoms with Crippen molar-refractivity contribution < 1.29 is 9.72 Å². The highest BCUT2D eigenvalue weighted by molar-refractivity contribution is 5.96. The lowest BCUT2D eigenvalue weighted by molar-refractivity contribution is -0.385. The van der Waals surface area contributed by atoms with Crippen molar-refractivity contribution in [3.63, 3.8) is 0 Å². The van der Waals surface area contributed by atoms with Gasteiger partial charge in [0.1, 0.15) is 6.20 Å². The molecule has 1 N–H and O–H groups in total. The van der Waals surface area contributed by atoms with Crippen molar-refractivity contribution in [2.75, 3.05) is 6.54 Å². The molecule has 0 aromatic carbocycles. The third-order valence-corrected chi connectivity index (χ3v) is 1.74. The molecule has 1 aromatic rings. The average molecular weight is 210 g/mol. The molecule has 0 aliphatic carbocycles. The Morgan fingerprint density at radius 3 is 3.07 bits per heavy atom. The number of hydrogen-bond donors (Lipinski definition) is 1. The molecule has 0 unspecified atom stereocenters. The number of nitrogens with zero attached hydrogens (tertiary/aromatic N) is 3. The highest BCUT2D eigenvalue weighted by Crippen LogP contribution is 2.16. The number of amides is 1. The monoisotopic (exact) mass is 210 g/mol. The summed E-state index contributed by atoms with van der Waals surface area (Å²) in [5.41, 5.74) is -0.374. The van der Waals surface area contributed by atoms with Gasteiger partial charge in [0, 0.05) is 13.6 Å². The molecule has 0 aliphatic heterocycles. The van der Waals surface area contributed by atoms with E-state index in [1.165, 1.54) is 13.1 Å². The summed E-state index contributed by atoms with van der Waals surface area (Å²) in [5.74, 6) is -0.540. The van der Waals surface area contributed by atoms with Crippen molar-refractivity contribution >= 4 is 11.6 Å². The van der Waals surface area contributed by atoms with Gasteiger partial charge in [0.25, 0.3) is 5.91 Å². The van der Waals surface area contributed by atoms with Gasteiger partial charge in [-0.3, -0.25) is 19.6 Å². The van der Waals surface area contributed by atoms with Crippen LogP contribution >= 0.6 is 0 Å². The number of hydrogen-bond acceptors (Lipinski definition) is 4. The second-order valence-corrected chi connectivity index (χ2v) is 2.76. The van der Waals surface area contributed by atoms with E-state index in [2.05, 4.69) is 17.0 Å². The largest absolute Gasteiger partial charge is 0.347 e. The molecule has 0 saturated carbocycles. The maximum atomic E-state index is 11.5. The maximum Gasteiger partial charge on any atom is 0.320 e. The lowest BCUT2D eigenvalue weighted by Gasteiger charge is -2.01. The molecular formula is C8H10N4O3. The second kappa shape index (κ2) is 4.36. The van der Waals surface area contributed by atoms with Gasteiger partial charge in [-0.1, -0.05) is 6.08 Å². The van der Waals surface area contributed by atoms with E-state index in [9.17, 15) is 14.9 Å². The summed E-state index contributed by atoms with van der Waals surface area (Å²) in [5, 5.41) is 16.7. The van der Waals surface area contributed by atoms with E-state index in [4.69, 9.17) is 0 Å². The fourth-order valence-corrected chi connectivity index (χ4v) is 1.07. The van der Waals surface area contributed by atoms with Gasteiger partial charge in [-0.05, 0) is 0 Å². The van der Waals surface area contributed by atoms with E-state index < -0.39 is 10.8 Å². The number of nitrogens with one attached hydrogen (secondary N) is 1. The summed E-state index contributed by atoms with van der Waals surface area (Å²) >= 11 is 0. The van der Waals surface area contributed by atoms with Gasteiger partial charge in [0.2, 0.25) is 5.69 Å². The lowest BCUT2D eigenvalue weighted by atomic mass is 10.3. The van der Waals surface area contributed by atoms with Gasteiger partial charge in [-0.25, -0.2) is 0 Å². The van der Waals surface area contributed by atoms with Gasteiger partial charge >= 0.3 is 5.69 Å². The Balaban J connectivity index is 3.00. The Kier molecular flexibility index (Phi) is 3.17. The Bertz CT molecular complexity index is 410. The van der Waals surface area contributed by atoms with E-state index in [0.717, 1.165) is 10.9 Å². The minimum atomic E-state index is -0.643. The summed E-state index contributed by atoms with van der Waals surface area (Å²) in [4.78, 5) is 21.4. The molecule has 0 aliphatic rings. The molecule has 0 spiro atoms. The normalized spacial score (nSPS) is 9.67. The molecule has 1 amide bonds. The zero-order chi connectivity index (χ0) is 11.4. The summed E-state index contributed by atoms with van der Waals surface area (Å²) < 4.78 is 1.16. The first-order chi connectivity index (χ1) is 7.07. The van der Waals surface area contributed by atoms with Gasteiger partial charge in [0.15, 0.2) is 0 Å². The van der Waals surface area contributed by atoms with Crippen LogP contribution in [0.1, 0.15) is 10.5 Å². The van der Waals surface area contributed by atoms with Crippen LogP contribution in [0, 0.1) is 10.1 Å². The number of aryl methyl sites for hydroxylation is 1. The van der Waals surface area contributed by atoms with Gasteiger partial charge in [-0.15, -0.1) is 6.58 Å². The third kappa shape index (κ3) is 2.19. The summed E-state index contributed by atoms with van der Waals surface area (Å²) in [6.07, 6.45) is 2.53. The van der Waals surface area contributed by atoms with Gasteiger partial charge in [-0.2, -0.15) is 5.10 Å². The summed E-state index contributed by atoms with van der Waals surface area (Å²) in [7, 11) is 1.47. The molecule has 15 heavy (non-hydrogen) atoms. The van der Waals surface area contributed by atoms with Crippen molar-refractivity contribution in [2.24, 2.45) is 7.05 Å². The molecule has 0 fully saturated rings. The van der Waals surface area contributed by atoms with Crippen molar-refractivity contribution in [3.8, 4) is 0 Å². The molecule has 0 saturated heterocycles. The molecule has 1 aromatic heterocycles. The fourth-order valence-electron chi connectivity index (χ4n) is 1.07. The van der Waals surface area contributed by atoms with Crippen LogP contribution < -0.4 is 5.32 Å². The molecule has 0 bridgehead atoms. The molecule has 80 valence electrons. The van der Waals surface area contributed by atoms with E-state index >= 15 is 0 Å². The highest BCUT2D eigenvalue weighted by atomic mass is 16.6. The standard InChI is InChI=1S/C8H10N4O3/c1-3-4-9-8(13)7-6(12(14)15)5-10-11(7)2/h3,5H,1,4H2,2H3,(H,9,13). The van der Waals surface area contributed by atoms with Crippen LogP contribution in [0.4, 0.5) is 5.69 Å². The minimum absolute atomic E-state index is 0.0677. The van der Waals surface area contributed by atoms with Crippen LogP contribution in [-0.4, -0.2) is 27.2 Å². The smallest absolute Gasteiger partial charge is 0.320 e. The Morgan fingerprint density at radius 1 is 1.87 bits per heavy atom. The van der Waals surface area contributed by atoms with Crippen LogP contribution in [0.15, 0.2) is 18.9 Å². The highest BCUT2D eigenvalue weighted by Gasteiger charge is 2.24. The maximum absolute atomic E-state index is 11.5. The predicted octanol–water partition coefficient (Wildman–Crippen LogP) is 0.244. The number of nitro groups is 1. The lowest BCUT2D eigenvalue weighted by Crippen LogP contribution is -2.26. The average Bonchev–Trinajstić information content (AvgIpc) is 2.56. The number of carbonyl (C=O) groups is 1. The third-order valence-electron chi connectivity index (χ3n) is 1.74. The molecule has 7 nitrogen and oxygen atoms in total. The first-order valence-corrected chi connectivity index (χ1v) is 4.13. The molecule has 0 atom stereocenters. The minimum Gasteiger partial charge on any atom is -0.347 e. The van der Waals surface area contributed by atoms with Crippen molar-refractivity contribution in [1.82, 2.24) is 15.1 Å². The predicted molar refractivity (Wildman–Crippen MR) is 52.4 cm³/mol. The topological polar surface area (TPSA) is 90.1 Å². The Labute approximate surface area is 85.5 Å². The van der Waals surface area contributed by atoms with Crippen molar-refractivity contribution in [3.05, 3.63) is 34.7 Å². The van der Waals surface area contributed by atoms with Crippen LogP contribution in [0.25, 0.3) is 0 Å². The van der Waals surface area contributed by atoms with Crippen LogP contribution in [0.2, 0.25) is 0 Å².